The third-order valence-corrected chi connectivity index (χ3v) is 9.11. The van der Waals surface area contributed by atoms with Crippen LogP contribution in [0.5, 0.6) is 11.5 Å². The fourth-order valence-electron chi connectivity index (χ4n) is 5.89. The Kier molecular flexibility index (Phi) is 21.9. The second-order valence-electron chi connectivity index (χ2n) is 13.4. The van der Waals surface area contributed by atoms with E-state index in [1.54, 1.807) is 7.11 Å². The van der Waals surface area contributed by atoms with E-state index in [9.17, 15) is 10.2 Å². The molecule has 2 aliphatic heterocycles. The number of hydrogen-bond acceptors (Lipinski definition) is 12. The molecule has 12 nitrogen and oxygen atoms in total. The van der Waals surface area contributed by atoms with Gasteiger partial charge in [-0.05, 0) is 56.4 Å². The molecule has 2 fully saturated rings. The number of methoxy groups -OCH3 is 1. The summed E-state index contributed by atoms with van der Waals surface area (Å²) in [4.78, 5) is 0. The van der Waals surface area contributed by atoms with Crippen LogP contribution in [-0.4, -0.2) is 125 Å². The zero-order valence-electron chi connectivity index (χ0n) is 32.1. The van der Waals surface area contributed by atoms with Gasteiger partial charge in [0.25, 0.3) is 0 Å². The van der Waals surface area contributed by atoms with Gasteiger partial charge >= 0.3 is 0 Å². The topological polar surface area (TPSA) is 133 Å². The molecule has 10 atom stereocenters. The maximum Gasteiger partial charge on any atom is 0.229 e. The molecule has 2 heterocycles. The van der Waals surface area contributed by atoms with Crippen molar-refractivity contribution < 1.29 is 57.6 Å². The first-order valence-corrected chi connectivity index (χ1v) is 19.6. The van der Waals surface area contributed by atoms with Crippen LogP contribution in [0.25, 0.3) is 0 Å². The number of aliphatic hydroxyl groups is 2. The van der Waals surface area contributed by atoms with Crippen LogP contribution in [0.15, 0.2) is 24.3 Å². The third-order valence-electron chi connectivity index (χ3n) is 9.11. The van der Waals surface area contributed by atoms with E-state index in [0.29, 0.717) is 44.5 Å². The van der Waals surface area contributed by atoms with Crippen molar-refractivity contribution in [1.29, 1.82) is 0 Å². The molecule has 2 aliphatic rings. The summed E-state index contributed by atoms with van der Waals surface area (Å²) in [6.45, 7) is 13.2. The molecule has 0 aliphatic carbocycles. The van der Waals surface area contributed by atoms with Gasteiger partial charge in [0.2, 0.25) is 6.29 Å². The van der Waals surface area contributed by atoms with Crippen LogP contribution in [0.3, 0.4) is 0 Å². The molecule has 51 heavy (non-hydrogen) atoms. The summed E-state index contributed by atoms with van der Waals surface area (Å²) in [7, 11) is 1.62. The van der Waals surface area contributed by atoms with E-state index in [2.05, 4.69) is 34.6 Å². The molecule has 0 saturated carbocycles. The smallest absolute Gasteiger partial charge is 0.229 e. The highest BCUT2D eigenvalue weighted by Crippen LogP contribution is 2.35. The number of unbranched alkanes of at least 4 members (excludes halogenated alkanes) is 5. The minimum Gasteiger partial charge on any atom is -0.497 e. The lowest BCUT2D eigenvalue weighted by molar-refractivity contribution is -0.363. The summed E-state index contributed by atoms with van der Waals surface area (Å²) in [5.41, 5.74) is 0. The maximum absolute atomic E-state index is 11.4. The molecule has 0 radical (unpaired) electrons. The standard InChI is InChI=1S/C39H68O12/c1-7-12-21-43-26-30-32(40)33(41)35(45-23-14-9-3)38(49-30)51-34-31(27-44-22-13-8-2)50-39(48-29-19-17-28(42-6)18-20-29)37(47-25-16-11-5)36(34)46-24-15-10-4/h17-20,30-41H,7-16,21-27H2,1-6H3/t30?,31?,32-,33?,34+,35?,36?,37?,38-,39+/m0/s1. The average Bonchev–Trinajstić information content (AvgIpc) is 3.14. The Morgan fingerprint density at radius 2 is 1.00 bits per heavy atom. The SMILES string of the molecule is CCCCOCC1O[C@@H](O[C@@H]2C(COCCCC)O[C@@H](Oc3ccc(OC)cc3)C(OCCCC)C2OCCCC)C(OCCCC)C(O)[C@H]1O. The Morgan fingerprint density at radius 1 is 0.529 bits per heavy atom. The van der Waals surface area contributed by atoms with E-state index < -0.39 is 61.4 Å². The summed E-state index contributed by atoms with van der Waals surface area (Å²) in [5, 5.41) is 22.5. The van der Waals surface area contributed by atoms with E-state index in [1.807, 2.05) is 24.3 Å². The normalized spacial score (nSPS) is 29.6. The van der Waals surface area contributed by atoms with Gasteiger partial charge in [-0.25, -0.2) is 0 Å². The lowest BCUT2D eigenvalue weighted by atomic mass is 9.96. The molecule has 1 aromatic carbocycles. The lowest BCUT2D eigenvalue weighted by Crippen LogP contribution is -2.66. The van der Waals surface area contributed by atoms with Gasteiger partial charge in [-0.2, -0.15) is 0 Å². The highest BCUT2D eigenvalue weighted by atomic mass is 16.8. The zero-order chi connectivity index (χ0) is 36.8. The van der Waals surface area contributed by atoms with Crippen molar-refractivity contribution in [3.63, 3.8) is 0 Å². The molecule has 0 aromatic heterocycles. The number of rotatable bonds is 27. The summed E-state index contributed by atoms with van der Waals surface area (Å²) >= 11 is 0. The zero-order valence-corrected chi connectivity index (χ0v) is 32.1. The molecule has 0 amide bonds. The average molecular weight is 729 g/mol. The summed E-state index contributed by atoms with van der Waals surface area (Å²) in [6, 6.07) is 7.33. The maximum atomic E-state index is 11.4. The van der Waals surface area contributed by atoms with Gasteiger partial charge in [-0.3, -0.25) is 0 Å². The largest absolute Gasteiger partial charge is 0.497 e. The van der Waals surface area contributed by atoms with Gasteiger partial charge in [-0.1, -0.05) is 66.7 Å². The Labute approximate surface area is 306 Å². The molecule has 0 spiro atoms. The van der Waals surface area contributed by atoms with E-state index in [1.165, 1.54) is 0 Å². The van der Waals surface area contributed by atoms with Gasteiger partial charge < -0.3 is 57.6 Å². The van der Waals surface area contributed by atoms with Crippen LogP contribution in [0.2, 0.25) is 0 Å². The van der Waals surface area contributed by atoms with E-state index in [4.69, 9.17) is 47.4 Å². The minimum absolute atomic E-state index is 0.0987. The van der Waals surface area contributed by atoms with Crippen LogP contribution in [-0.2, 0) is 37.9 Å². The predicted molar refractivity (Wildman–Crippen MR) is 193 cm³/mol. The van der Waals surface area contributed by atoms with Gasteiger partial charge in [0, 0.05) is 33.0 Å². The van der Waals surface area contributed by atoms with Crippen molar-refractivity contribution in [3.05, 3.63) is 24.3 Å². The second-order valence-corrected chi connectivity index (χ2v) is 13.4. The molecule has 12 heteroatoms. The van der Waals surface area contributed by atoms with Crippen molar-refractivity contribution in [2.45, 2.75) is 160 Å². The molecule has 0 bridgehead atoms. The van der Waals surface area contributed by atoms with Crippen LogP contribution < -0.4 is 9.47 Å². The van der Waals surface area contributed by atoms with Gasteiger partial charge in [0.05, 0.1) is 20.3 Å². The number of hydrogen-bond donors (Lipinski definition) is 2. The van der Waals surface area contributed by atoms with Crippen LogP contribution >= 0.6 is 0 Å². The second kappa shape index (κ2) is 25.4. The molecule has 6 unspecified atom stereocenters. The molecule has 3 rings (SSSR count). The van der Waals surface area contributed by atoms with Crippen molar-refractivity contribution in [2.75, 3.05) is 53.4 Å². The Balaban J connectivity index is 2.00. The van der Waals surface area contributed by atoms with Gasteiger partial charge in [0.15, 0.2) is 6.29 Å². The summed E-state index contributed by atoms with van der Waals surface area (Å²) in [6.07, 6.45) is -0.0215. The van der Waals surface area contributed by atoms with Crippen molar-refractivity contribution in [1.82, 2.24) is 0 Å². The van der Waals surface area contributed by atoms with E-state index in [-0.39, 0.29) is 13.2 Å². The highest BCUT2D eigenvalue weighted by molar-refractivity contribution is 5.31. The Morgan fingerprint density at radius 3 is 1.55 bits per heavy atom. The van der Waals surface area contributed by atoms with Crippen LogP contribution in [0.1, 0.15) is 98.8 Å². The molecule has 296 valence electrons. The molecule has 2 saturated heterocycles. The highest BCUT2D eigenvalue weighted by Gasteiger charge is 2.53. The van der Waals surface area contributed by atoms with Crippen LogP contribution in [0.4, 0.5) is 0 Å². The Hall–Kier alpha value is -1.58. The fraction of sp³-hybridized carbons (Fsp3) is 0.846. The Bertz CT molecular complexity index is 997. The number of ether oxygens (including phenoxy) is 10. The first-order valence-electron chi connectivity index (χ1n) is 19.6. The van der Waals surface area contributed by atoms with E-state index >= 15 is 0 Å². The van der Waals surface area contributed by atoms with Crippen molar-refractivity contribution in [2.24, 2.45) is 0 Å². The van der Waals surface area contributed by atoms with Crippen LogP contribution in [0, 0.1) is 0 Å². The number of aliphatic hydroxyl groups excluding tert-OH is 2. The minimum atomic E-state index is -1.27. The van der Waals surface area contributed by atoms with Crippen molar-refractivity contribution >= 4 is 0 Å². The quantitative estimate of drug-likeness (QED) is 0.106. The van der Waals surface area contributed by atoms with E-state index in [0.717, 1.165) is 64.2 Å². The predicted octanol–water partition coefficient (Wildman–Crippen LogP) is 5.82. The van der Waals surface area contributed by atoms with Gasteiger partial charge in [-0.15, -0.1) is 0 Å². The first-order chi connectivity index (χ1) is 24.9. The molecule has 1 aromatic rings. The lowest BCUT2D eigenvalue weighted by Gasteiger charge is -2.49. The third kappa shape index (κ3) is 14.3. The fourth-order valence-corrected chi connectivity index (χ4v) is 5.89. The summed E-state index contributed by atoms with van der Waals surface area (Å²) < 4.78 is 63.2. The van der Waals surface area contributed by atoms with Gasteiger partial charge in [0.1, 0.15) is 60.3 Å². The molecular weight excluding hydrogens is 660 g/mol. The first kappa shape index (κ1) is 43.8. The number of benzene rings is 1. The monoisotopic (exact) mass is 728 g/mol. The summed E-state index contributed by atoms with van der Waals surface area (Å²) in [5.74, 6) is 1.30. The molecule has 2 N–H and O–H groups in total. The molecular formula is C39H68O12. The van der Waals surface area contributed by atoms with Crippen molar-refractivity contribution in [3.8, 4) is 11.5 Å².